The molecule has 6 heteroatoms. The first-order valence-corrected chi connectivity index (χ1v) is 20.5. The molecule has 0 radical (unpaired) electrons. The molecule has 0 spiro atoms. The Labute approximate surface area is 344 Å². The molecule has 2 fully saturated rings. The molecule has 6 nitrogen and oxygen atoms in total. The summed E-state index contributed by atoms with van der Waals surface area (Å²) >= 11 is 0. The van der Waals surface area contributed by atoms with Gasteiger partial charge >= 0.3 is 0 Å². The zero-order valence-electron chi connectivity index (χ0n) is 33.2. The van der Waals surface area contributed by atoms with Crippen molar-refractivity contribution in [2.75, 3.05) is 36.2 Å². The standard InChI is InChI=1S/C53H44N2O4/c1-53(2)47-33-41(54(49-15-7-11-35-9-3-5-13-43(35)49)39-21-17-37(18-22-39)51-56-29-30-57-51)25-27-45(47)46-28-26-42(34-48(46)53)55(50-16-8-12-36-10-4-6-14-44(36)50)40-23-19-38(20-24-40)52-58-31-32-59-52/h3-28,33-34,51-52H,29-32H2,1-2H3. The zero-order chi connectivity index (χ0) is 39.5. The Hall–Kier alpha value is -6.28. The van der Waals surface area contributed by atoms with E-state index < -0.39 is 0 Å². The van der Waals surface area contributed by atoms with E-state index in [2.05, 4.69) is 194 Å². The summed E-state index contributed by atoms with van der Waals surface area (Å²) in [5.41, 5.74) is 13.5. The number of hydrogen-bond acceptors (Lipinski definition) is 6. The molecule has 8 aromatic carbocycles. The van der Waals surface area contributed by atoms with E-state index in [1.54, 1.807) is 0 Å². The second-order valence-electron chi connectivity index (χ2n) is 16.1. The van der Waals surface area contributed by atoms with E-state index in [-0.39, 0.29) is 18.0 Å². The largest absolute Gasteiger partial charge is 0.346 e. The van der Waals surface area contributed by atoms with E-state index in [0.29, 0.717) is 26.4 Å². The van der Waals surface area contributed by atoms with Crippen LogP contribution < -0.4 is 9.80 Å². The third kappa shape index (κ3) is 6.19. The average molecular weight is 773 g/mol. The van der Waals surface area contributed by atoms with Crippen LogP contribution in [0.3, 0.4) is 0 Å². The molecule has 0 atom stereocenters. The molecule has 0 aromatic heterocycles. The molecule has 59 heavy (non-hydrogen) atoms. The van der Waals surface area contributed by atoms with E-state index in [4.69, 9.17) is 18.9 Å². The number of hydrogen-bond donors (Lipinski definition) is 0. The second-order valence-corrected chi connectivity index (χ2v) is 16.1. The maximum Gasteiger partial charge on any atom is 0.184 e. The van der Waals surface area contributed by atoms with Crippen LogP contribution in [-0.2, 0) is 24.4 Å². The summed E-state index contributed by atoms with van der Waals surface area (Å²) in [5, 5.41) is 4.79. The van der Waals surface area contributed by atoms with Crippen LogP contribution in [0.15, 0.2) is 170 Å². The number of fused-ring (bicyclic) bond motifs is 5. The maximum absolute atomic E-state index is 5.84. The Kier molecular flexibility index (Phi) is 8.82. The number of benzene rings is 8. The van der Waals surface area contributed by atoms with Gasteiger partial charge in [-0.15, -0.1) is 0 Å². The molecule has 11 rings (SSSR count). The highest BCUT2D eigenvalue weighted by atomic mass is 16.7. The Bertz CT molecular complexity index is 2630. The van der Waals surface area contributed by atoms with Crippen LogP contribution in [0.1, 0.15) is 48.7 Å². The summed E-state index contributed by atoms with van der Waals surface area (Å²) < 4.78 is 23.4. The lowest BCUT2D eigenvalue weighted by Gasteiger charge is -2.30. The average Bonchev–Trinajstić information content (AvgIpc) is 4.07. The van der Waals surface area contributed by atoms with E-state index >= 15 is 0 Å². The van der Waals surface area contributed by atoms with Gasteiger partial charge in [-0.2, -0.15) is 0 Å². The third-order valence-corrected chi connectivity index (χ3v) is 12.3. The number of anilines is 6. The molecule has 290 valence electrons. The van der Waals surface area contributed by atoms with Gasteiger partial charge in [0.25, 0.3) is 0 Å². The predicted octanol–water partition coefficient (Wildman–Crippen LogP) is 13.3. The SMILES string of the molecule is CC1(C)c2cc(N(c3ccc(C4OCCO4)cc3)c3cccc4ccccc34)ccc2-c2ccc(N(c3ccc(C4OCCO4)cc3)c3cccc4ccccc34)cc21. The summed E-state index contributed by atoms with van der Waals surface area (Å²) in [6.45, 7) is 7.19. The monoisotopic (exact) mass is 772 g/mol. The second kappa shape index (κ2) is 14.5. The molecule has 0 amide bonds. The maximum atomic E-state index is 5.84. The van der Waals surface area contributed by atoms with Gasteiger partial charge in [0.2, 0.25) is 0 Å². The van der Waals surface area contributed by atoms with E-state index in [1.165, 1.54) is 43.8 Å². The normalized spacial score (nSPS) is 16.1. The van der Waals surface area contributed by atoms with Crippen LogP contribution in [0.2, 0.25) is 0 Å². The zero-order valence-corrected chi connectivity index (χ0v) is 33.2. The molecule has 3 aliphatic rings. The van der Waals surface area contributed by atoms with Gasteiger partial charge in [0.15, 0.2) is 12.6 Å². The van der Waals surface area contributed by atoms with Gasteiger partial charge in [-0.1, -0.05) is 123 Å². The fourth-order valence-corrected chi connectivity index (χ4v) is 9.32. The van der Waals surface area contributed by atoms with Crippen LogP contribution >= 0.6 is 0 Å². The molecule has 8 aromatic rings. The minimum Gasteiger partial charge on any atom is -0.346 e. The van der Waals surface area contributed by atoms with E-state index in [9.17, 15) is 0 Å². The van der Waals surface area contributed by atoms with Crippen LogP contribution in [0.5, 0.6) is 0 Å². The Morgan fingerprint density at radius 3 is 1.20 bits per heavy atom. The molecule has 2 aliphatic heterocycles. The minimum absolute atomic E-state index is 0.284. The van der Waals surface area contributed by atoms with Crippen LogP contribution in [0, 0.1) is 0 Å². The van der Waals surface area contributed by atoms with Gasteiger partial charge in [-0.05, 0) is 93.7 Å². The first-order chi connectivity index (χ1) is 29.0. The van der Waals surface area contributed by atoms with Gasteiger partial charge in [0.05, 0.1) is 37.8 Å². The lowest BCUT2D eigenvalue weighted by Crippen LogP contribution is -2.18. The highest BCUT2D eigenvalue weighted by molar-refractivity contribution is 6.01. The predicted molar refractivity (Wildman–Crippen MR) is 238 cm³/mol. The smallest absolute Gasteiger partial charge is 0.184 e. The van der Waals surface area contributed by atoms with Crippen LogP contribution in [0.4, 0.5) is 34.1 Å². The molecule has 0 N–H and O–H groups in total. The topological polar surface area (TPSA) is 43.4 Å². The first-order valence-electron chi connectivity index (χ1n) is 20.5. The lowest BCUT2D eigenvalue weighted by molar-refractivity contribution is -0.0443. The van der Waals surface area contributed by atoms with Gasteiger partial charge in [0.1, 0.15) is 0 Å². The number of rotatable bonds is 8. The van der Waals surface area contributed by atoms with Crippen molar-refractivity contribution in [2.24, 2.45) is 0 Å². The molecular formula is C53H44N2O4. The van der Waals surface area contributed by atoms with Gasteiger partial charge in [-0.25, -0.2) is 0 Å². The van der Waals surface area contributed by atoms with Gasteiger partial charge in [0, 0.05) is 50.1 Å². The number of ether oxygens (including phenoxy) is 4. The van der Waals surface area contributed by atoms with Crippen LogP contribution in [0.25, 0.3) is 32.7 Å². The molecule has 0 bridgehead atoms. The van der Waals surface area contributed by atoms with Gasteiger partial charge in [-0.3, -0.25) is 0 Å². The van der Waals surface area contributed by atoms with Crippen molar-refractivity contribution in [2.45, 2.75) is 31.8 Å². The quantitative estimate of drug-likeness (QED) is 0.153. The first kappa shape index (κ1) is 35.8. The summed E-state index contributed by atoms with van der Waals surface area (Å²) in [6, 6.07) is 61.6. The lowest BCUT2D eigenvalue weighted by atomic mass is 9.82. The fourth-order valence-electron chi connectivity index (χ4n) is 9.32. The molecule has 1 aliphatic carbocycles. The van der Waals surface area contributed by atoms with Crippen molar-refractivity contribution in [3.63, 3.8) is 0 Å². The third-order valence-electron chi connectivity index (χ3n) is 12.3. The van der Waals surface area contributed by atoms with Crippen LogP contribution in [-0.4, -0.2) is 26.4 Å². The summed E-state index contributed by atoms with van der Waals surface area (Å²) in [5.74, 6) is 0. The van der Waals surface area contributed by atoms with Crippen molar-refractivity contribution in [1.82, 2.24) is 0 Å². The van der Waals surface area contributed by atoms with Crippen molar-refractivity contribution in [1.29, 1.82) is 0 Å². The Balaban J connectivity index is 1.02. The molecular weight excluding hydrogens is 729 g/mol. The Morgan fingerprint density at radius 2 is 0.780 bits per heavy atom. The molecule has 2 saturated heterocycles. The minimum atomic E-state index is -0.323. The molecule has 0 unspecified atom stereocenters. The summed E-state index contributed by atoms with van der Waals surface area (Å²) in [4.78, 5) is 4.78. The fraction of sp³-hybridized carbons (Fsp3) is 0.170. The van der Waals surface area contributed by atoms with Crippen molar-refractivity contribution in [3.05, 3.63) is 192 Å². The highest BCUT2D eigenvalue weighted by Crippen LogP contribution is 2.53. The Morgan fingerprint density at radius 1 is 0.407 bits per heavy atom. The van der Waals surface area contributed by atoms with E-state index in [1.807, 2.05) is 0 Å². The highest BCUT2D eigenvalue weighted by Gasteiger charge is 2.37. The van der Waals surface area contributed by atoms with E-state index in [0.717, 1.165) is 45.3 Å². The summed E-state index contributed by atoms with van der Waals surface area (Å²) in [7, 11) is 0. The van der Waals surface area contributed by atoms with Crippen molar-refractivity contribution in [3.8, 4) is 11.1 Å². The molecule has 2 heterocycles. The molecule has 0 saturated carbocycles. The number of nitrogens with zero attached hydrogens (tertiary/aromatic N) is 2. The van der Waals surface area contributed by atoms with Gasteiger partial charge < -0.3 is 28.7 Å². The van der Waals surface area contributed by atoms with Crippen molar-refractivity contribution < 1.29 is 18.9 Å². The summed E-state index contributed by atoms with van der Waals surface area (Å²) in [6.07, 6.45) is -0.646. The van der Waals surface area contributed by atoms with Crippen molar-refractivity contribution >= 4 is 55.7 Å².